The molecule has 1 aromatic heterocycles. The predicted molar refractivity (Wildman–Crippen MR) is 151 cm³/mol. The van der Waals surface area contributed by atoms with Crippen molar-refractivity contribution >= 4 is 39.0 Å². The fourth-order valence-corrected chi connectivity index (χ4v) is 7.37. The number of allylic oxidation sites excluding steroid dienone is 1. The Balaban J connectivity index is 1.63. The molecular weight excluding hydrogens is 578 g/mol. The third-order valence-electron chi connectivity index (χ3n) is 7.32. The Morgan fingerprint density at radius 3 is 2.54 bits per heavy atom. The highest BCUT2D eigenvalue weighted by Crippen LogP contribution is 2.41. The maximum Gasteiger partial charge on any atom is 0.416 e. The van der Waals surface area contributed by atoms with Crippen LogP contribution in [0.3, 0.4) is 0 Å². The van der Waals surface area contributed by atoms with Gasteiger partial charge in [-0.1, -0.05) is 41.9 Å². The molecule has 0 aliphatic carbocycles. The number of nitrogens with zero attached hydrogens (tertiary/aromatic N) is 3. The highest BCUT2D eigenvalue weighted by molar-refractivity contribution is 7.92. The zero-order valence-corrected chi connectivity index (χ0v) is 23.7. The highest BCUT2D eigenvalue weighted by Gasteiger charge is 2.40. The van der Waals surface area contributed by atoms with Gasteiger partial charge in [-0.05, 0) is 79.4 Å². The molecular formula is C30H26ClF4N3O2S. The van der Waals surface area contributed by atoms with Gasteiger partial charge in [0.2, 0.25) is 0 Å². The summed E-state index contributed by atoms with van der Waals surface area (Å²) in [5.41, 5.74) is 1.37. The minimum atomic E-state index is -4.71. The minimum Gasteiger partial charge on any atom is -0.272 e. The van der Waals surface area contributed by atoms with Crippen molar-refractivity contribution in [3.8, 4) is 0 Å². The summed E-state index contributed by atoms with van der Waals surface area (Å²) in [5.74, 6) is -0.712. The van der Waals surface area contributed by atoms with E-state index < -0.39 is 38.5 Å². The maximum atomic E-state index is 14.5. The predicted octanol–water partition coefficient (Wildman–Crippen LogP) is 7.71. The highest BCUT2D eigenvalue weighted by atomic mass is 35.5. The summed E-state index contributed by atoms with van der Waals surface area (Å²) in [6.07, 6.45) is 0.913. The molecule has 214 valence electrons. The number of alkyl halides is 3. The first-order valence-corrected chi connectivity index (χ1v) is 14.6. The summed E-state index contributed by atoms with van der Waals surface area (Å²) in [7, 11) is -4.43. The van der Waals surface area contributed by atoms with Crippen LogP contribution in [0.4, 0.5) is 23.2 Å². The van der Waals surface area contributed by atoms with Crippen LogP contribution in [-0.2, 0) is 29.2 Å². The van der Waals surface area contributed by atoms with Gasteiger partial charge in [-0.2, -0.15) is 18.3 Å². The second-order valence-electron chi connectivity index (χ2n) is 10.1. The van der Waals surface area contributed by atoms with Crippen LogP contribution in [0.5, 0.6) is 0 Å². The van der Waals surface area contributed by atoms with Gasteiger partial charge in [0.15, 0.2) is 0 Å². The molecule has 0 unspecified atom stereocenters. The standard InChI is InChI=1S/C30H26ClF4N3O2S/c1-19(29-26(31)8-4-9-27(29)32)14-21-10-11-22-16-23(18-37-13-5-12-36-37)20(2)38(28(22)15-21)41(39,40)25-7-3-6-24(17-25)30(33,34)35/h3-15,17,20,23H,16,18H2,1-2H3/b19-14+/t20-,23+/m1/s1. The van der Waals surface area contributed by atoms with E-state index in [-0.39, 0.29) is 16.5 Å². The quantitative estimate of drug-likeness (QED) is 0.168. The lowest BCUT2D eigenvalue weighted by Gasteiger charge is -2.41. The van der Waals surface area contributed by atoms with Gasteiger partial charge < -0.3 is 0 Å². The van der Waals surface area contributed by atoms with Crippen molar-refractivity contribution in [2.75, 3.05) is 4.31 Å². The number of halogens is 5. The number of benzene rings is 3. The Morgan fingerprint density at radius 2 is 1.85 bits per heavy atom. The number of sulfonamides is 1. The van der Waals surface area contributed by atoms with E-state index in [1.807, 2.05) is 0 Å². The van der Waals surface area contributed by atoms with Crippen molar-refractivity contribution in [1.82, 2.24) is 9.78 Å². The van der Waals surface area contributed by atoms with Gasteiger partial charge in [-0.25, -0.2) is 12.8 Å². The number of hydrogen-bond donors (Lipinski definition) is 0. The lowest BCUT2D eigenvalue weighted by molar-refractivity contribution is -0.137. The van der Waals surface area contributed by atoms with Crippen LogP contribution in [0.25, 0.3) is 11.6 Å². The molecule has 0 spiro atoms. The smallest absolute Gasteiger partial charge is 0.272 e. The summed E-state index contributed by atoms with van der Waals surface area (Å²) in [6.45, 7) is 3.85. The summed E-state index contributed by atoms with van der Waals surface area (Å²) >= 11 is 6.24. The van der Waals surface area contributed by atoms with Crippen molar-refractivity contribution in [2.45, 2.75) is 43.9 Å². The second-order valence-corrected chi connectivity index (χ2v) is 12.3. The number of anilines is 1. The third-order valence-corrected chi connectivity index (χ3v) is 9.53. The second kappa shape index (κ2) is 11.0. The Bertz CT molecular complexity index is 1700. The molecule has 5 rings (SSSR count). The molecule has 41 heavy (non-hydrogen) atoms. The summed E-state index contributed by atoms with van der Waals surface area (Å²) in [5, 5.41) is 4.49. The molecule has 0 amide bonds. The molecule has 0 saturated carbocycles. The molecule has 5 nitrogen and oxygen atoms in total. The Labute approximate surface area is 240 Å². The van der Waals surface area contributed by atoms with E-state index in [1.165, 1.54) is 22.5 Å². The Hall–Kier alpha value is -3.63. The van der Waals surface area contributed by atoms with E-state index in [0.29, 0.717) is 35.9 Å². The van der Waals surface area contributed by atoms with E-state index in [2.05, 4.69) is 5.10 Å². The van der Waals surface area contributed by atoms with Crippen LogP contribution in [0, 0.1) is 11.7 Å². The van der Waals surface area contributed by atoms with Crippen LogP contribution in [0.1, 0.15) is 36.1 Å². The summed E-state index contributed by atoms with van der Waals surface area (Å²) in [4.78, 5) is -0.458. The largest absolute Gasteiger partial charge is 0.416 e. The molecule has 0 bridgehead atoms. The minimum absolute atomic E-state index is 0.219. The van der Waals surface area contributed by atoms with E-state index in [9.17, 15) is 26.0 Å². The van der Waals surface area contributed by atoms with Crippen LogP contribution in [-0.4, -0.2) is 24.2 Å². The molecule has 2 atom stereocenters. The molecule has 1 aliphatic heterocycles. The third kappa shape index (κ3) is 5.76. The Morgan fingerprint density at radius 1 is 1.10 bits per heavy atom. The van der Waals surface area contributed by atoms with Crippen molar-refractivity contribution in [1.29, 1.82) is 0 Å². The molecule has 0 radical (unpaired) electrons. The molecule has 11 heteroatoms. The van der Waals surface area contributed by atoms with E-state index in [0.717, 1.165) is 17.7 Å². The van der Waals surface area contributed by atoms with Crippen molar-refractivity contribution in [3.05, 3.63) is 112 Å². The zero-order valence-electron chi connectivity index (χ0n) is 22.1. The molecule has 0 saturated heterocycles. The fraction of sp³-hybridized carbons (Fsp3) is 0.233. The molecule has 1 aliphatic rings. The van der Waals surface area contributed by atoms with E-state index in [1.54, 1.807) is 67.3 Å². The van der Waals surface area contributed by atoms with Crippen molar-refractivity contribution in [2.24, 2.45) is 5.92 Å². The lowest BCUT2D eigenvalue weighted by atomic mass is 9.87. The van der Waals surface area contributed by atoms with E-state index in [4.69, 9.17) is 11.6 Å². The first-order chi connectivity index (χ1) is 19.4. The average molecular weight is 604 g/mol. The fourth-order valence-electron chi connectivity index (χ4n) is 5.27. The van der Waals surface area contributed by atoms with Gasteiger partial charge >= 0.3 is 6.18 Å². The Kier molecular flexibility index (Phi) is 7.74. The first-order valence-electron chi connectivity index (χ1n) is 12.8. The molecule has 4 aromatic rings. The number of hydrogen-bond acceptors (Lipinski definition) is 3. The van der Waals surface area contributed by atoms with Gasteiger partial charge in [0.05, 0.1) is 21.2 Å². The normalized spacial score (nSPS) is 17.9. The van der Waals surface area contributed by atoms with Crippen LogP contribution >= 0.6 is 11.6 Å². The topological polar surface area (TPSA) is 55.2 Å². The van der Waals surface area contributed by atoms with Gasteiger partial charge in [0.25, 0.3) is 10.0 Å². The number of aromatic nitrogens is 2. The molecule has 0 fully saturated rings. The number of fused-ring (bicyclic) bond motifs is 1. The van der Waals surface area contributed by atoms with Gasteiger partial charge in [0.1, 0.15) is 5.82 Å². The van der Waals surface area contributed by atoms with Crippen LogP contribution < -0.4 is 4.31 Å². The summed E-state index contributed by atoms with van der Waals surface area (Å²) in [6, 6.07) is 14.6. The van der Waals surface area contributed by atoms with Crippen molar-refractivity contribution in [3.63, 3.8) is 0 Å². The molecule has 2 heterocycles. The summed E-state index contributed by atoms with van der Waals surface area (Å²) < 4.78 is 86.1. The van der Waals surface area contributed by atoms with Crippen LogP contribution in [0.2, 0.25) is 5.02 Å². The molecule has 3 aromatic carbocycles. The SMILES string of the molecule is C/C(=C\c1ccc2c(c1)N(S(=O)(=O)c1cccc(C(F)(F)F)c1)[C@H](C)[C@H](Cn1cccn1)C2)c1c(F)cccc1Cl. The average Bonchev–Trinajstić information content (AvgIpc) is 3.42. The monoisotopic (exact) mass is 603 g/mol. The number of rotatable bonds is 6. The van der Waals surface area contributed by atoms with Crippen molar-refractivity contribution < 1.29 is 26.0 Å². The lowest BCUT2D eigenvalue weighted by Crippen LogP contribution is -2.48. The van der Waals surface area contributed by atoms with E-state index >= 15 is 0 Å². The molecule has 0 N–H and O–H groups in total. The van der Waals surface area contributed by atoms with Gasteiger partial charge in [-0.3, -0.25) is 8.99 Å². The van der Waals surface area contributed by atoms with Gasteiger partial charge in [-0.15, -0.1) is 0 Å². The van der Waals surface area contributed by atoms with Crippen LogP contribution in [0.15, 0.2) is 84.0 Å². The maximum absolute atomic E-state index is 14.5. The first kappa shape index (κ1) is 28.9. The zero-order chi connectivity index (χ0) is 29.5. The van der Waals surface area contributed by atoms with Gasteiger partial charge in [0, 0.05) is 36.5 Å².